The summed E-state index contributed by atoms with van der Waals surface area (Å²) in [5, 5.41) is 9.19. The third-order valence-corrected chi connectivity index (χ3v) is 2.81. The summed E-state index contributed by atoms with van der Waals surface area (Å²) in [5.41, 5.74) is 7.80. The zero-order chi connectivity index (χ0) is 14.4. The maximum Gasteiger partial charge on any atom is 0.269 e. The molecule has 0 saturated heterocycles. The van der Waals surface area contributed by atoms with Gasteiger partial charge in [0.2, 0.25) is 0 Å². The number of phenols is 1. The summed E-state index contributed by atoms with van der Waals surface area (Å²) in [6, 6.07) is 15.8. The molecule has 0 unspecified atom stereocenters. The molecular weight excluding hydrogens is 252 g/mol. The van der Waals surface area contributed by atoms with Crippen molar-refractivity contribution in [3.05, 3.63) is 71.8 Å². The maximum absolute atomic E-state index is 11.9. The van der Waals surface area contributed by atoms with Crippen molar-refractivity contribution >= 4 is 11.6 Å². The number of hydrogen-bond donors (Lipinski definition) is 3. The molecule has 20 heavy (non-hydrogen) atoms. The molecule has 0 atom stereocenters. The zero-order valence-corrected chi connectivity index (χ0v) is 11.1. The molecule has 0 aromatic heterocycles. The number of allylic oxidation sites excluding steroid dienone is 1. The SMILES string of the molecule is C/C=C(\NNC(=O)c1ccc(O)cc1)c1ccccc1. The highest BCUT2D eigenvalue weighted by molar-refractivity contribution is 5.94. The topological polar surface area (TPSA) is 61.4 Å². The van der Waals surface area contributed by atoms with Crippen LogP contribution >= 0.6 is 0 Å². The van der Waals surface area contributed by atoms with Gasteiger partial charge < -0.3 is 5.11 Å². The van der Waals surface area contributed by atoms with Gasteiger partial charge in [-0.2, -0.15) is 0 Å². The van der Waals surface area contributed by atoms with Crippen LogP contribution in [-0.2, 0) is 0 Å². The molecule has 0 bridgehead atoms. The predicted molar refractivity (Wildman–Crippen MR) is 78.8 cm³/mol. The van der Waals surface area contributed by atoms with Gasteiger partial charge in [-0.05, 0) is 36.8 Å². The number of carbonyl (C=O) groups excluding carboxylic acids is 1. The number of nitrogens with one attached hydrogen (secondary N) is 2. The van der Waals surface area contributed by atoms with Crippen LogP contribution in [0, 0.1) is 0 Å². The molecule has 0 saturated carbocycles. The quantitative estimate of drug-likeness (QED) is 0.747. The largest absolute Gasteiger partial charge is 0.508 e. The minimum Gasteiger partial charge on any atom is -0.508 e. The van der Waals surface area contributed by atoms with Crippen molar-refractivity contribution in [1.29, 1.82) is 0 Å². The summed E-state index contributed by atoms with van der Waals surface area (Å²) < 4.78 is 0. The highest BCUT2D eigenvalue weighted by Gasteiger charge is 2.06. The molecule has 0 aliphatic rings. The van der Waals surface area contributed by atoms with Gasteiger partial charge in [-0.25, -0.2) is 0 Å². The Morgan fingerprint density at radius 1 is 0.950 bits per heavy atom. The first kappa shape index (κ1) is 13.7. The van der Waals surface area contributed by atoms with Gasteiger partial charge in [-0.3, -0.25) is 15.6 Å². The van der Waals surface area contributed by atoms with Crippen LogP contribution < -0.4 is 10.9 Å². The maximum atomic E-state index is 11.9. The lowest BCUT2D eigenvalue weighted by Gasteiger charge is -2.12. The Balaban J connectivity index is 2.01. The number of benzene rings is 2. The van der Waals surface area contributed by atoms with E-state index in [1.807, 2.05) is 43.3 Å². The first-order valence-electron chi connectivity index (χ1n) is 6.28. The van der Waals surface area contributed by atoms with Crippen molar-refractivity contribution in [2.24, 2.45) is 0 Å². The average Bonchev–Trinajstić information content (AvgIpc) is 2.49. The second kappa shape index (κ2) is 6.43. The van der Waals surface area contributed by atoms with E-state index in [0.717, 1.165) is 11.3 Å². The Hall–Kier alpha value is -2.75. The summed E-state index contributed by atoms with van der Waals surface area (Å²) in [6.07, 6.45) is 1.88. The summed E-state index contributed by atoms with van der Waals surface area (Å²) in [4.78, 5) is 11.9. The summed E-state index contributed by atoms with van der Waals surface area (Å²) in [7, 11) is 0. The normalized spacial score (nSPS) is 10.9. The fourth-order valence-corrected chi connectivity index (χ4v) is 1.74. The van der Waals surface area contributed by atoms with Gasteiger partial charge in [0.05, 0.1) is 5.70 Å². The number of hydrogen-bond acceptors (Lipinski definition) is 3. The number of aromatic hydroxyl groups is 1. The Morgan fingerprint density at radius 2 is 1.60 bits per heavy atom. The van der Waals surface area contributed by atoms with Crippen molar-refractivity contribution in [2.75, 3.05) is 0 Å². The van der Waals surface area contributed by atoms with Crippen LogP contribution in [0.2, 0.25) is 0 Å². The molecule has 0 fully saturated rings. The smallest absolute Gasteiger partial charge is 0.269 e. The monoisotopic (exact) mass is 268 g/mol. The minimum atomic E-state index is -0.264. The molecule has 4 heteroatoms. The van der Waals surface area contributed by atoms with E-state index in [1.165, 1.54) is 12.1 Å². The first-order valence-corrected chi connectivity index (χ1v) is 6.28. The lowest BCUT2D eigenvalue weighted by atomic mass is 10.1. The first-order chi connectivity index (χ1) is 9.70. The van der Waals surface area contributed by atoms with E-state index in [0.29, 0.717) is 5.56 Å². The molecule has 102 valence electrons. The van der Waals surface area contributed by atoms with Crippen molar-refractivity contribution in [2.45, 2.75) is 6.92 Å². The third kappa shape index (κ3) is 3.38. The molecule has 2 aromatic carbocycles. The molecule has 3 N–H and O–H groups in total. The van der Waals surface area contributed by atoms with Crippen LogP contribution in [0.1, 0.15) is 22.8 Å². The molecule has 0 radical (unpaired) electrons. The number of amides is 1. The third-order valence-electron chi connectivity index (χ3n) is 2.81. The summed E-state index contributed by atoms with van der Waals surface area (Å²) in [5.74, 6) is -0.131. The number of carbonyl (C=O) groups is 1. The van der Waals surface area contributed by atoms with Gasteiger partial charge in [-0.1, -0.05) is 36.4 Å². The van der Waals surface area contributed by atoms with Crippen molar-refractivity contribution < 1.29 is 9.90 Å². The van der Waals surface area contributed by atoms with Gasteiger partial charge in [0.1, 0.15) is 5.75 Å². The molecule has 0 aliphatic carbocycles. The lowest BCUT2D eigenvalue weighted by molar-refractivity contribution is 0.0942. The highest BCUT2D eigenvalue weighted by atomic mass is 16.3. The van der Waals surface area contributed by atoms with Gasteiger partial charge in [0.25, 0.3) is 5.91 Å². The Kier molecular flexibility index (Phi) is 4.39. The van der Waals surface area contributed by atoms with Gasteiger partial charge in [0, 0.05) is 5.56 Å². The van der Waals surface area contributed by atoms with E-state index < -0.39 is 0 Å². The van der Waals surface area contributed by atoms with Crippen LogP contribution in [0.3, 0.4) is 0 Å². The van der Waals surface area contributed by atoms with E-state index in [2.05, 4.69) is 10.9 Å². The highest BCUT2D eigenvalue weighted by Crippen LogP contribution is 2.11. The minimum absolute atomic E-state index is 0.132. The standard InChI is InChI=1S/C16H16N2O2/c1-2-15(12-6-4-3-5-7-12)17-18-16(20)13-8-10-14(19)11-9-13/h2-11,17,19H,1H3,(H,18,20)/b15-2-. The number of hydrazine groups is 1. The lowest BCUT2D eigenvalue weighted by Crippen LogP contribution is -2.36. The zero-order valence-electron chi connectivity index (χ0n) is 11.1. The van der Waals surface area contributed by atoms with Crippen LogP contribution in [-0.4, -0.2) is 11.0 Å². The number of phenolic OH excluding ortho intramolecular Hbond substituents is 1. The number of rotatable bonds is 4. The summed E-state index contributed by atoms with van der Waals surface area (Å²) >= 11 is 0. The second-order valence-electron chi connectivity index (χ2n) is 4.19. The van der Waals surface area contributed by atoms with Crippen LogP contribution in [0.15, 0.2) is 60.7 Å². The van der Waals surface area contributed by atoms with Crippen molar-refractivity contribution in [1.82, 2.24) is 10.9 Å². The molecule has 4 nitrogen and oxygen atoms in total. The Bertz CT molecular complexity index is 604. The molecular formula is C16H16N2O2. The van der Waals surface area contributed by atoms with E-state index in [-0.39, 0.29) is 11.7 Å². The van der Waals surface area contributed by atoms with E-state index in [1.54, 1.807) is 12.1 Å². The molecule has 0 spiro atoms. The predicted octanol–water partition coefficient (Wildman–Crippen LogP) is 2.69. The Morgan fingerprint density at radius 3 is 2.20 bits per heavy atom. The molecule has 2 rings (SSSR count). The van der Waals surface area contributed by atoms with Crippen LogP contribution in [0.4, 0.5) is 0 Å². The molecule has 1 amide bonds. The van der Waals surface area contributed by atoms with E-state index in [9.17, 15) is 9.90 Å². The van der Waals surface area contributed by atoms with Crippen LogP contribution in [0.25, 0.3) is 5.70 Å². The van der Waals surface area contributed by atoms with Gasteiger partial charge in [0.15, 0.2) is 0 Å². The fourth-order valence-electron chi connectivity index (χ4n) is 1.74. The molecule has 0 heterocycles. The van der Waals surface area contributed by atoms with Crippen molar-refractivity contribution in [3.63, 3.8) is 0 Å². The molecule has 2 aromatic rings. The van der Waals surface area contributed by atoms with Crippen molar-refractivity contribution in [3.8, 4) is 5.75 Å². The second-order valence-corrected chi connectivity index (χ2v) is 4.19. The van der Waals surface area contributed by atoms with Gasteiger partial charge in [-0.15, -0.1) is 0 Å². The van der Waals surface area contributed by atoms with Crippen LogP contribution in [0.5, 0.6) is 5.75 Å². The van der Waals surface area contributed by atoms with E-state index >= 15 is 0 Å². The molecule has 0 aliphatic heterocycles. The average molecular weight is 268 g/mol. The Labute approximate surface area is 117 Å². The van der Waals surface area contributed by atoms with Gasteiger partial charge >= 0.3 is 0 Å². The summed E-state index contributed by atoms with van der Waals surface area (Å²) in [6.45, 7) is 1.89. The fraction of sp³-hybridized carbons (Fsp3) is 0.0625. The van der Waals surface area contributed by atoms with E-state index in [4.69, 9.17) is 0 Å².